The van der Waals surface area contributed by atoms with Gasteiger partial charge in [-0.1, -0.05) is 60.1 Å². The molecule has 5 aliphatic rings. The predicted octanol–water partition coefficient (Wildman–Crippen LogP) is 8.75. The molecule has 0 saturated heterocycles. The molecular weight excluding hydrogens is 506 g/mol. The molecule has 5 heteroatoms. The van der Waals surface area contributed by atoms with E-state index in [0.29, 0.717) is 34.8 Å². The van der Waals surface area contributed by atoms with Gasteiger partial charge in [0.25, 0.3) is 0 Å². The Morgan fingerprint density at radius 3 is 2.34 bits per heavy atom. The van der Waals surface area contributed by atoms with Crippen LogP contribution >= 0.6 is 0 Å². The van der Waals surface area contributed by atoms with Crippen molar-refractivity contribution in [2.75, 3.05) is 0 Å². The van der Waals surface area contributed by atoms with E-state index in [1.54, 1.807) is 18.0 Å². The van der Waals surface area contributed by atoms with Crippen molar-refractivity contribution < 1.29 is 9.21 Å². The van der Waals surface area contributed by atoms with Gasteiger partial charge in [-0.15, -0.1) is 10.2 Å². The Labute approximate surface area is 246 Å². The van der Waals surface area contributed by atoms with Crippen molar-refractivity contribution in [2.45, 2.75) is 118 Å². The van der Waals surface area contributed by atoms with E-state index in [2.05, 4.69) is 69.7 Å². The van der Waals surface area contributed by atoms with Crippen LogP contribution in [0.5, 0.6) is 0 Å². The van der Waals surface area contributed by atoms with Gasteiger partial charge in [0.2, 0.25) is 11.8 Å². The highest BCUT2D eigenvalue weighted by atomic mass is 16.4. The zero-order valence-corrected chi connectivity index (χ0v) is 26.3. The van der Waals surface area contributed by atoms with Crippen LogP contribution in [-0.2, 0) is 10.2 Å². The number of hydrogen-bond acceptors (Lipinski definition) is 5. The van der Waals surface area contributed by atoms with Gasteiger partial charge in [0.1, 0.15) is 5.78 Å². The number of carbonyl (C=O) groups excluding carboxylic acids is 1. The average Bonchev–Trinajstić information content (AvgIpc) is 3.45. The minimum Gasteiger partial charge on any atom is -0.420 e. The van der Waals surface area contributed by atoms with Crippen LogP contribution in [0.4, 0.5) is 0 Å². The van der Waals surface area contributed by atoms with Crippen LogP contribution < -0.4 is 0 Å². The fourth-order valence-corrected chi connectivity index (χ4v) is 11.4. The molecule has 220 valence electrons. The molecule has 0 aromatic carbocycles. The Hall–Kier alpha value is -2.30. The Morgan fingerprint density at radius 1 is 0.854 bits per heavy atom. The van der Waals surface area contributed by atoms with Crippen LogP contribution in [0.15, 0.2) is 40.6 Å². The van der Waals surface area contributed by atoms with Crippen molar-refractivity contribution in [2.24, 2.45) is 44.8 Å². The molecule has 0 N–H and O–H groups in total. The smallest absolute Gasteiger partial charge is 0.247 e. The van der Waals surface area contributed by atoms with Gasteiger partial charge in [-0.3, -0.25) is 9.78 Å². The highest BCUT2D eigenvalue weighted by Crippen LogP contribution is 2.75. The van der Waals surface area contributed by atoms with Crippen LogP contribution in [0.25, 0.3) is 11.5 Å². The first kappa shape index (κ1) is 27.5. The number of pyridine rings is 1. The molecule has 0 radical (unpaired) electrons. The van der Waals surface area contributed by atoms with Gasteiger partial charge in [0.05, 0.1) is 0 Å². The van der Waals surface area contributed by atoms with E-state index in [1.165, 1.54) is 32.1 Å². The normalized spacial score (nSPS) is 45.1. The summed E-state index contributed by atoms with van der Waals surface area (Å²) in [6.45, 7) is 17.3. The Morgan fingerprint density at radius 2 is 1.59 bits per heavy atom. The summed E-state index contributed by atoms with van der Waals surface area (Å²) in [5.74, 6) is 3.53. The molecule has 0 spiro atoms. The molecule has 4 fully saturated rings. The third-order valence-electron chi connectivity index (χ3n) is 14.4. The van der Waals surface area contributed by atoms with E-state index in [1.807, 2.05) is 12.1 Å². The Balaban J connectivity index is 1.24. The molecule has 0 aliphatic heterocycles. The SMILES string of the molecule is CC1(C)C(=O)CC[C@]2(C)[C@H]3CC=C4[C@@H]5C[C@@](C)(c6nnc(-c7ccncc7)o6)CC[C@]5(C)CC[C@@]4(C)[C@]3(C)CC[C@@H]12. The topological polar surface area (TPSA) is 68.9 Å². The number of Topliss-reactive ketones (excluding diaryl/α,β-unsaturated/α-hetero) is 1. The van der Waals surface area contributed by atoms with E-state index in [9.17, 15) is 4.79 Å². The lowest BCUT2D eigenvalue weighted by Crippen LogP contribution is -2.64. The lowest BCUT2D eigenvalue weighted by molar-refractivity contribution is -0.183. The maximum absolute atomic E-state index is 13.1. The lowest BCUT2D eigenvalue weighted by Gasteiger charge is -2.70. The fraction of sp³-hybridized carbons (Fsp3) is 0.722. The number of carbonyl (C=O) groups is 1. The molecule has 5 aliphatic carbocycles. The zero-order chi connectivity index (χ0) is 29.1. The molecule has 2 aromatic rings. The van der Waals surface area contributed by atoms with Crippen LogP contribution in [-0.4, -0.2) is 21.0 Å². The molecule has 0 amide bonds. The molecule has 2 aromatic heterocycles. The third kappa shape index (κ3) is 3.59. The van der Waals surface area contributed by atoms with Crippen molar-refractivity contribution in [1.82, 2.24) is 15.2 Å². The van der Waals surface area contributed by atoms with Crippen LogP contribution in [0, 0.1) is 44.8 Å². The van der Waals surface area contributed by atoms with E-state index in [4.69, 9.17) is 4.42 Å². The van der Waals surface area contributed by atoms with Crippen LogP contribution in [0.1, 0.15) is 119 Å². The number of hydrogen-bond donors (Lipinski definition) is 0. The second kappa shape index (κ2) is 8.63. The molecule has 0 bridgehead atoms. The molecule has 7 rings (SSSR count). The molecule has 0 unspecified atom stereocenters. The summed E-state index contributed by atoms with van der Waals surface area (Å²) < 4.78 is 6.40. The number of nitrogens with zero attached hydrogens (tertiary/aromatic N) is 3. The monoisotopic (exact) mass is 555 g/mol. The van der Waals surface area contributed by atoms with Crippen molar-refractivity contribution in [1.29, 1.82) is 0 Å². The molecule has 8 atom stereocenters. The summed E-state index contributed by atoms with van der Waals surface area (Å²) in [5, 5.41) is 9.11. The van der Waals surface area contributed by atoms with Gasteiger partial charge < -0.3 is 4.42 Å². The number of fused-ring (bicyclic) bond motifs is 7. The van der Waals surface area contributed by atoms with Crippen LogP contribution in [0.2, 0.25) is 0 Å². The average molecular weight is 556 g/mol. The summed E-state index contributed by atoms with van der Waals surface area (Å²) in [6.07, 6.45) is 17.6. The van der Waals surface area contributed by atoms with E-state index in [-0.39, 0.29) is 27.1 Å². The van der Waals surface area contributed by atoms with Gasteiger partial charge in [0.15, 0.2) is 0 Å². The minimum atomic E-state index is -0.200. The summed E-state index contributed by atoms with van der Waals surface area (Å²) in [5.41, 5.74) is 3.33. The highest BCUT2D eigenvalue weighted by molar-refractivity contribution is 5.85. The molecular formula is C36H49N3O2. The quantitative estimate of drug-likeness (QED) is 0.347. The highest BCUT2D eigenvalue weighted by Gasteiger charge is 2.68. The van der Waals surface area contributed by atoms with E-state index < -0.39 is 0 Å². The van der Waals surface area contributed by atoms with E-state index in [0.717, 1.165) is 43.6 Å². The summed E-state index contributed by atoms with van der Waals surface area (Å²) >= 11 is 0. The number of aromatic nitrogens is 3. The van der Waals surface area contributed by atoms with E-state index >= 15 is 0 Å². The largest absolute Gasteiger partial charge is 0.420 e. The Bertz CT molecular complexity index is 1410. The molecule has 5 nitrogen and oxygen atoms in total. The predicted molar refractivity (Wildman–Crippen MR) is 161 cm³/mol. The number of allylic oxidation sites excluding steroid dienone is 2. The van der Waals surface area contributed by atoms with Crippen molar-refractivity contribution in [3.8, 4) is 11.5 Å². The standard InChI is InChI=1S/C36H49N3O2/c1-31(2)26-10-15-36(7)27(34(26,5)14-11-28(31)40)9-8-24-25-22-33(4,17-16-32(25,3)18-19-35(24,36)6)30-39-38-29(41-30)23-12-20-37-21-13-23/h8,12-13,20-21,25-27H,9-11,14-19,22H2,1-7H3/t25-,26-,27+,32+,33-,34-,35+,36+/m0/s1. The lowest BCUT2D eigenvalue weighted by atomic mass is 9.33. The maximum atomic E-state index is 13.1. The van der Waals surface area contributed by atoms with Crippen molar-refractivity contribution in [3.05, 3.63) is 42.1 Å². The second-order valence-corrected chi connectivity index (χ2v) is 16.6. The first-order chi connectivity index (χ1) is 19.3. The third-order valence-corrected chi connectivity index (χ3v) is 14.4. The summed E-state index contributed by atoms with van der Waals surface area (Å²) in [6, 6.07) is 3.87. The van der Waals surface area contributed by atoms with Gasteiger partial charge in [0, 0.05) is 35.2 Å². The van der Waals surface area contributed by atoms with Gasteiger partial charge in [-0.25, -0.2) is 0 Å². The van der Waals surface area contributed by atoms with Gasteiger partial charge in [-0.05, 0) is 109 Å². The minimum absolute atomic E-state index is 0.128. The Kier molecular flexibility index (Phi) is 5.80. The number of rotatable bonds is 2. The van der Waals surface area contributed by atoms with Gasteiger partial charge >= 0.3 is 0 Å². The molecule has 4 saturated carbocycles. The fourth-order valence-electron chi connectivity index (χ4n) is 11.4. The molecule has 41 heavy (non-hydrogen) atoms. The van der Waals surface area contributed by atoms with Gasteiger partial charge in [-0.2, -0.15) is 0 Å². The van der Waals surface area contributed by atoms with Crippen molar-refractivity contribution in [3.63, 3.8) is 0 Å². The number of ketones is 1. The zero-order valence-electron chi connectivity index (χ0n) is 26.3. The summed E-state index contributed by atoms with van der Waals surface area (Å²) in [4.78, 5) is 17.2. The van der Waals surface area contributed by atoms with Crippen molar-refractivity contribution >= 4 is 5.78 Å². The first-order valence-corrected chi connectivity index (χ1v) is 16.3. The second-order valence-electron chi connectivity index (χ2n) is 16.6. The maximum Gasteiger partial charge on any atom is 0.247 e. The first-order valence-electron chi connectivity index (χ1n) is 16.3. The summed E-state index contributed by atoms with van der Waals surface area (Å²) in [7, 11) is 0. The molecule has 2 heterocycles. The van der Waals surface area contributed by atoms with Crippen LogP contribution in [0.3, 0.4) is 0 Å².